The molecule has 9 heteroatoms. The zero-order valence-corrected chi connectivity index (χ0v) is 14.7. The average molecular weight is 339 g/mol. The molecule has 0 saturated carbocycles. The van der Waals surface area contributed by atoms with E-state index in [1.807, 2.05) is 19.0 Å². The molecule has 0 aromatic carbocycles. The van der Waals surface area contributed by atoms with Gasteiger partial charge in [0.25, 0.3) is 5.91 Å². The van der Waals surface area contributed by atoms with E-state index < -0.39 is 15.1 Å². The van der Waals surface area contributed by atoms with E-state index in [9.17, 15) is 13.2 Å². The minimum Gasteiger partial charge on any atom is -0.362 e. The lowest BCUT2D eigenvalue weighted by Gasteiger charge is -2.11. The first-order valence-corrected chi connectivity index (χ1v) is 9.03. The van der Waals surface area contributed by atoms with Crippen molar-refractivity contribution < 1.29 is 13.2 Å². The Morgan fingerprint density at radius 3 is 2.61 bits per heavy atom. The van der Waals surface area contributed by atoms with Crippen molar-refractivity contribution in [2.45, 2.75) is 12.2 Å². The highest BCUT2D eigenvalue weighted by Crippen LogP contribution is 2.24. The predicted octanol–water partition coefficient (Wildman–Crippen LogP) is 0.197. The fraction of sp³-hybridized carbons (Fsp3) is 0.500. The number of hydrogen-bond acceptors (Lipinski definition) is 6. The Morgan fingerprint density at radius 1 is 1.39 bits per heavy atom. The molecule has 1 atom stereocenters. The van der Waals surface area contributed by atoms with Crippen LogP contribution >= 0.6 is 0 Å². The Kier molecular flexibility index (Phi) is 4.60. The number of carbonyl (C=O) groups excluding carboxylic acids is 1. The van der Waals surface area contributed by atoms with Crippen molar-refractivity contribution >= 4 is 32.6 Å². The third-order valence-electron chi connectivity index (χ3n) is 3.74. The first-order chi connectivity index (χ1) is 10.6. The summed E-state index contributed by atoms with van der Waals surface area (Å²) < 4.78 is 24.5. The number of nitrogens with one attached hydrogen (secondary N) is 1. The highest BCUT2D eigenvalue weighted by atomic mass is 32.2. The van der Waals surface area contributed by atoms with Crippen LogP contribution in [0.4, 0.5) is 5.82 Å². The standard InChI is InChI=1S/C14H21N5O3S/c1-9(23(5,21)22)7-15-14(20)11-6-10-12(18(2)3)16-8-17-13(10)19(11)4/h6,8-9H,7H2,1-5H3,(H,15,20). The quantitative estimate of drug-likeness (QED) is 0.836. The molecule has 8 nitrogen and oxygen atoms in total. The van der Waals surface area contributed by atoms with Crippen LogP contribution in [0.5, 0.6) is 0 Å². The first kappa shape index (κ1) is 17.2. The van der Waals surface area contributed by atoms with Crippen molar-refractivity contribution in [3.63, 3.8) is 0 Å². The Hall–Kier alpha value is -2.16. The second-order valence-corrected chi connectivity index (χ2v) is 8.23. The predicted molar refractivity (Wildman–Crippen MR) is 89.5 cm³/mol. The second kappa shape index (κ2) is 6.15. The third-order valence-corrected chi connectivity index (χ3v) is 5.37. The lowest BCUT2D eigenvalue weighted by molar-refractivity contribution is 0.0946. The highest BCUT2D eigenvalue weighted by Gasteiger charge is 2.20. The van der Waals surface area contributed by atoms with Crippen LogP contribution in [-0.2, 0) is 16.9 Å². The lowest BCUT2D eigenvalue weighted by atomic mass is 10.3. The number of amides is 1. The molecule has 2 heterocycles. The molecule has 1 unspecified atom stereocenters. The van der Waals surface area contributed by atoms with Crippen LogP contribution in [-0.4, -0.2) is 61.0 Å². The summed E-state index contributed by atoms with van der Waals surface area (Å²) in [5.74, 6) is 0.375. The van der Waals surface area contributed by atoms with Gasteiger partial charge in [0.15, 0.2) is 9.84 Å². The van der Waals surface area contributed by atoms with Crippen LogP contribution in [0.1, 0.15) is 17.4 Å². The minimum absolute atomic E-state index is 0.0609. The largest absolute Gasteiger partial charge is 0.362 e. The molecule has 126 valence electrons. The van der Waals surface area contributed by atoms with Gasteiger partial charge in [0, 0.05) is 33.9 Å². The van der Waals surface area contributed by atoms with E-state index in [0.29, 0.717) is 17.2 Å². The van der Waals surface area contributed by atoms with Gasteiger partial charge in [-0.05, 0) is 13.0 Å². The van der Waals surface area contributed by atoms with Crippen LogP contribution in [0.3, 0.4) is 0 Å². The zero-order chi connectivity index (χ0) is 17.4. The molecule has 0 spiro atoms. The maximum atomic E-state index is 12.4. The van der Waals surface area contributed by atoms with Gasteiger partial charge in [-0.3, -0.25) is 4.79 Å². The summed E-state index contributed by atoms with van der Waals surface area (Å²) in [6.07, 6.45) is 2.60. The van der Waals surface area contributed by atoms with Gasteiger partial charge >= 0.3 is 0 Å². The molecule has 0 aliphatic rings. The number of nitrogens with zero attached hydrogens (tertiary/aromatic N) is 4. The van der Waals surface area contributed by atoms with E-state index in [4.69, 9.17) is 0 Å². The number of fused-ring (bicyclic) bond motifs is 1. The van der Waals surface area contributed by atoms with Gasteiger partial charge in [-0.15, -0.1) is 0 Å². The number of anilines is 1. The second-order valence-electron chi connectivity index (χ2n) is 5.77. The van der Waals surface area contributed by atoms with E-state index >= 15 is 0 Å². The summed E-state index contributed by atoms with van der Waals surface area (Å²) in [6, 6.07) is 1.71. The molecule has 23 heavy (non-hydrogen) atoms. The Labute approximate surface area is 135 Å². The highest BCUT2D eigenvalue weighted by molar-refractivity contribution is 7.91. The molecule has 0 fully saturated rings. The molecular formula is C14H21N5O3S. The van der Waals surface area contributed by atoms with Gasteiger partial charge in [0.05, 0.1) is 10.6 Å². The summed E-state index contributed by atoms with van der Waals surface area (Å²) >= 11 is 0. The summed E-state index contributed by atoms with van der Waals surface area (Å²) in [5.41, 5.74) is 1.05. The summed E-state index contributed by atoms with van der Waals surface area (Å²) in [5, 5.41) is 2.78. The smallest absolute Gasteiger partial charge is 0.268 e. The number of aromatic nitrogens is 3. The van der Waals surface area contributed by atoms with Gasteiger partial charge in [-0.1, -0.05) is 0 Å². The van der Waals surface area contributed by atoms with E-state index in [-0.39, 0.29) is 12.5 Å². The monoisotopic (exact) mass is 339 g/mol. The fourth-order valence-corrected chi connectivity index (χ4v) is 2.56. The molecule has 0 aliphatic carbocycles. The van der Waals surface area contributed by atoms with Crippen LogP contribution in [0.15, 0.2) is 12.4 Å². The van der Waals surface area contributed by atoms with Crippen LogP contribution in [0, 0.1) is 0 Å². The third kappa shape index (κ3) is 3.44. The first-order valence-electron chi connectivity index (χ1n) is 7.07. The number of aryl methyl sites for hydroxylation is 1. The Morgan fingerprint density at radius 2 is 2.04 bits per heavy atom. The number of rotatable bonds is 5. The molecule has 0 bridgehead atoms. The molecular weight excluding hydrogens is 318 g/mol. The van der Waals surface area contributed by atoms with Crippen LogP contribution in [0.2, 0.25) is 0 Å². The van der Waals surface area contributed by atoms with Gasteiger partial charge in [-0.2, -0.15) is 0 Å². The Balaban J connectivity index is 2.31. The van der Waals surface area contributed by atoms with Gasteiger partial charge in [0.2, 0.25) is 0 Å². The summed E-state index contributed by atoms with van der Waals surface area (Å²) in [6.45, 7) is 1.62. The molecule has 1 N–H and O–H groups in total. The number of sulfone groups is 1. The maximum Gasteiger partial charge on any atom is 0.268 e. The van der Waals surface area contributed by atoms with Crippen molar-refractivity contribution in [2.24, 2.45) is 7.05 Å². The van der Waals surface area contributed by atoms with E-state index in [0.717, 1.165) is 11.6 Å². The SMILES string of the molecule is CC(CNC(=O)c1cc2c(N(C)C)ncnc2n1C)S(C)(=O)=O. The minimum atomic E-state index is -3.18. The zero-order valence-electron chi connectivity index (χ0n) is 13.9. The van der Waals surface area contributed by atoms with Gasteiger partial charge < -0.3 is 14.8 Å². The fourth-order valence-electron chi connectivity index (χ4n) is 2.17. The van der Waals surface area contributed by atoms with E-state index in [1.165, 1.54) is 6.33 Å². The number of carbonyl (C=O) groups is 1. The normalized spacial score (nSPS) is 13.1. The molecule has 2 aromatic rings. The van der Waals surface area contributed by atoms with Crippen LogP contribution in [0.25, 0.3) is 11.0 Å². The summed E-state index contributed by atoms with van der Waals surface area (Å²) in [4.78, 5) is 22.6. The lowest BCUT2D eigenvalue weighted by Crippen LogP contribution is -2.35. The molecule has 0 aliphatic heterocycles. The van der Waals surface area contributed by atoms with E-state index in [1.54, 1.807) is 24.6 Å². The van der Waals surface area contributed by atoms with E-state index in [2.05, 4.69) is 15.3 Å². The Bertz CT molecular complexity index is 841. The van der Waals surface area contributed by atoms with Crippen molar-refractivity contribution in [3.8, 4) is 0 Å². The maximum absolute atomic E-state index is 12.4. The number of hydrogen-bond donors (Lipinski definition) is 1. The molecule has 1 amide bonds. The summed E-state index contributed by atoms with van der Waals surface area (Å²) in [7, 11) is 2.28. The van der Waals surface area contributed by atoms with Crippen molar-refractivity contribution in [3.05, 3.63) is 18.1 Å². The molecule has 2 rings (SSSR count). The average Bonchev–Trinajstić information content (AvgIpc) is 2.80. The van der Waals surface area contributed by atoms with Crippen LogP contribution < -0.4 is 10.2 Å². The van der Waals surface area contributed by atoms with Crippen molar-refractivity contribution in [2.75, 3.05) is 31.8 Å². The van der Waals surface area contributed by atoms with Gasteiger partial charge in [0.1, 0.15) is 23.5 Å². The molecule has 0 radical (unpaired) electrons. The van der Waals surface area contributed by atoms with Gasteiger partial charge in [-0.25, -0.2) is 18.4 Å². The molecule has 2 aromatic heterocycles. The topological polar surface area (TPSA) is 97.2 Å². The van der Waals surface area contributed by atoms with Crippen molar-refractivity contribution in [1.29, 1.82) is 0 Å². The van der Waals surface area contributed by atoms with Crippen molar-refractivity contribution in [1.82, 2.24) is 19.9 Å². The molecule has 0 saturated heterocycles.